The van der Waals surface area contributed by atoms with Crippen LogP contribution in [-0.2, 0) is 9.84 Å². The van der Waals surface area contributed by atoms with Gasteiger partial charge in [-0.2, -0.15) is 0 Å². The molecular weight excluding hydrogens is 220 g/mol. The van der Waals surface area contributed by atoms with Gasteiger partial charge in [-0.1, -0.05) is 6.07 Å². The number of benzene rings is 1. The third kappa shape index (κ3) is 4.53. The van der Waals surface area contributed by atoms with E-state index in [-0.39, 0.29) is 11.5 Å². The van der Waals surface area contributed by atoms with Crippen molar-refractivity contribution >= 4 is 21.6 Å². The van der Waals surface area contributed by atoms with Gasteiger partial charge >= 0.3 is 0 Å². The van der Waals surface area contributed by atoms with Crippen LogP contribution < -0.4 is 0 Å². The van der Waals surface area contributed by atoms with Crippen molar-refractivity contribution in [1.82, 2.24) is 0 Å². The van der Waals surface area contributed by atoms with Crippen molar-refractivity contribution in [2.24, 2.45) is 0 Å². The molecular formula is C9H12O3S2. The average molecular weight is 232 g/mol. The summed E-state index contributed by atoms with van der Waals surface area (Å²) in [6.45, 7) is 0. The summed E-state index contributed by atoms with van der Waals surface area (Å²) in [6.07, 6.45) is 1.22. The first kappa shape index (κ1) is 11.4. The van der Waals surface area contributed by atoms with Crippen LogP contribution in [0, 0.1) is 0 Å². The third-order valence-electron chi connectivity index (χ3n) is 1.54. The number of aromatic hydroxyl groups is 1. The average Bonchev–Trinajstić information content (AvgIpc) is 2.01. The summed E-state index contributed by atoms with van der Waals surface area (Å²) >= 11 is 1.42. The highest BCUT2D eigenvalue weighted by Gasteiger charge is 2.02. The van der Waals surface area contributed by atoms with E-state index in [1.165, 1.54) is 18.0 Å². The number of phenols is 1. The topological polar surface area (TPSA) is 54.4 Å². The minimum absolute atomic E-state index is 0.160. The maximum absolute atomic E-state index is 10.8. The van der Waals surface area contributed by atoms with Crippen LogP contribution in [0.4, 0.5) is 0 Å². The Morgan fingerprint density at radius 2 is 2.14 bits per heavy atom. The molecule has 0 heterocycles. The second-order valence-electron chi connectivity index (χ2n) is 2.98. The number of hydrogen-bond acceptors (Lipinski definition) is 4. The van der Waals surface area contributed by atoms with Crippen LogP contribution in [0.5, 0.6) is 5.75 Å². The van der Waals surface area contributed by atoms with Gasteiger partial charge in [0.05, 0.1) is 5.75 Å². The zero-order chi connectivity index (χ0) is 10.6. The Morgan fingerprint density at radius 1 is 1.43 bits per heavy atom. The minimum Gasteiger partial charge on any atom is -0.508 e. The number of hydrogen-bond donors (Lipinski definition) is 1. The first-order chi connectivity index (χ1) is 6.47. The summed E-state index contributed by atoms with van der Waals surface area (Å²) in [5, 5.41) is 9.14. The van der Waals surface area contributed by atoms with E-state index in [0.29, 0.717) is 5.75 Å². The zero-order valence-corrected chi connectivity index (χ0v) is 9.44. The van der Waals surface area contributed by atoms with E-state index in [9.17, 15) is 8.42 Å². The molecule has 0 fully saturated rings. The van der Waals surface area contributed by atoms with E-state index in [4.69, 9.17) is 5.11 Å². The van der Waals surface area contributed by atoms with Gasteiger partial charge in [-0.25, -0.2) is 8.42 Å². The summed E-state index contributed by atoms with van der Waals surface area (Å²) in [7, 11) is -2.89. The SMILES string of the molecule is CS(=O)(=O)CCSc1cccc(O)c1. The van der Waals surface area contributed by atoms with Gasteiger partial charge in [0.25, 0.3) is 0 Å². The van der Waals surface area contributed by atoms with Crippen molar-refractivity contribution < 1.29 is 13.5 Å². The van der Waals surface area contributed by atoms with Crippen LogP contribution in [0.25, 0.3) is 0 Å². The van der Waals surface area contributed by atoms with Crippen LogP contribution in [0.1, 0.15) is 0 Å². The van der Waals surface area contributed by atoms with Crippen molar-refractivity contribution in [1.29, 1.82) is 0 Å². The van der Waals surface area contributed by atoms with Crippen molar-refractivity contribution in [2.45, 2.75) is 4.90 Å². The number of rotatable bonds is 4. The highest BCUT2D eigenvalue weighted by Crippen LogP contribution is 2.21. The maximum atomic E-state index is 10.8. The highest BCUT2D eigenvalue weighted by atomic mass is 32.2. The van der Waals surface area contributed by atoms with Gasteiger partial charge in [0, 0.05) is 16.9 Å². The standard InChI is InChI=1S/C9H12O3S2/c1-14(11,12)6-5-13-9-4-2-3-8(10)7-9/h2-4,7,10H,5-6H2,1H3. The molecule has 5 heteroatoms. The molecule has 0 saturated heterocycles. The normalized spacial score (nSPS) is 11.5. The van der Waals surface area contributed by atoms with Crippen molar-refractivity contribution in [3.8, 4) is 5.75 Å². The summed E-state index contributed by atoms with van der Waals surface area (Å²) < 4.78 is 21.7. The van der Waals surface area contributed by atoms with Crippen LogP contribution in [0.15, 0.2) is 29.2 Å². The molecule has 1 rings (SSSR count). The van der Waals surface area contributed by atoms with Crippen molar-refractivity contribution in [2.75, 3.05) is 17.8 Å². The molecule has 0 radical (unpaired) electrons. The molecule has 78 valence electrons. The van der Waals surface area contributed by atoms with Crippen LogP contribution in [-0.4, -0.2) is 31.3 Å². The fourth-order valence-corrected chi connectivity index (χ4v) is 3.04. The highest BCUT2D eigenvalue weighted by molar-refractivity contribution is 8.00. The Balaban J connectivity index is 2.47. The first-order valence-electron chi connectivity index (χ1n) is 4.07. The molecule has 1 aromatic rings. The molecule has 1 aromatic carbocycles. The fraction of sp³-hybridized carbons (Fsp3) is 0.333. The summed E-state index contributed by atoms with van der Waals surface area (Å²) in [4.78, 5) is 0.883. The first-order valence-corrected chi connectivity index (χ1v) is 7.11. The van der Waals surface area contributed by atoms with E-state index >= 15 is 0 Å². The van der Waals surface area contributed by atoms with Crippen molar-refractivity contribution in [3.63, 3.8) is 0 Å². The van der Waals surface area contributed by atoms with Crippen LogP contribution in [0.2, 0.25) is 0 Å². The van der Waals surface area contributed by atoms with Gasteiger partial charge in [-0.3, -0.25) is 0 Å². The molecule has 14 heavy (non-hydrogen) atoms. The van der Waals surface area contributed by atoms with Gasteiger partial charge in [-0.05, 0) is 18.2 Å². The smallest absolute Gasteiger partial charge is 0.148 e. The number of phenolic OH excluding ortho intramolecular Hbond substituents is 1. The second-order valence-corrected chi connectivity index (χ2v) is 6.40. The lowest BCUT2D eigenvalue weighted by Crippen LogP contribution is -2.04. The van der Waals surface area contributed by atoms with Gasteiger partial charge < -0.3 is 5.11 Å². The monoisotopic (exact) mass is 232 g/mol. The molecule has 0 aliphatic rings. The molecule has 3 nitrogen and oxygen atoms in total. The van der Waals surface area contributed by atoms with Gasteiger partial charge in [0.1, 0.15) is 15.6 Å². The Labute approximate surface area is 88.1 Å². The lowest BCUT2D eigenvalue weighted by molar-refractivity contribution is 0.474. The van der Waals surface area contributed by atoms with E-state index in [2.05, 4.69) is 0 Å². The summed E-state index contributed by atoms with van der Waals surface area (Å²) in [5.74, 6) is 0.879. The Morgan fingerprint density at radius 3 is 2.71 bits per heavy atom. The quantitative estimate of drug-likeness (QED) is 0.800. The predicted molar refractivity (Wildman–Crippen MR) is 58.5 cm³/mol. The molecule has 0 bridgehead atoms. The number of thioether (sulfide) groups is 1. The molecule has 1 N–H and O–H groups in total. The fourth-order valence-electron chi connectivity index (χ4n) is 0.884. The molecule has 0 spiro atoms. The molecule has 0 atom stereocenters. The number of sulfone groups is 1. The summed E-state index contributed by atoms with van der Waals surface area (Å²) in [6, 6.07) is 6.78. The maximum Gasteiger partial charge on any atom is 0.148 e. The van der Waals surface area contributed by atoms with Crippen LogP contribution >= 0.6 is 11.8 Å². The van der Waals surface area contributed by atoms with E-state index in [1.807, 2.05) is 6.07 Å². The third-order valence-corrected chi connectivity index (χ3v) is 3.74. The van der Waals surface area contributed by atoms with E-state index in [1.54, 1.807) is 18.2 Å². The lowest BCUT2D eigenvalue weighted by Gasteiger charge is -2.00. The largest absolute Gasteiger partial charge is 0.508 e. The minimum atomic E-state index is -2.89. The predicted octanol–water partition coefficient (Wildman–Crippen LogP) is 1.53. The lowest BCUT2D eigenvalue weighted by atomic mass is 10.3. The zero-order valence-electron chi connectivity index (χ0n) is 7.80. The summed E-state index contributed by atoms with van der Waals surface area (Å²) in [5.41, 5.74) is 0. The van der Waals surface area contributed by atoms with Gasteiger partial charge in [-0.15, -0.1) is 11.8 Å². The molecule has 0 saturated carbocycles. The van der Waals surface area contributed by atoms with E-state index < -0.39 is 9.84 Å². The molecule has 0 amide bonds. The Kier molecular flexibility index (Phi) is 3.83. The molecule has 0 aliphatic carbocycles. The Hall–Kier alpha value is -0.680. The molecule has 0 aromatic heterocycles. The van der Waals surface area contributed by atoms with Crippen LogP contribution in [0.3, 0.4) is 0 Å². The van der Waals surface area contributed by atoms with E-state index in [0.717, 1.165) is 4.90 Å². The van der Waals surface area contributed by atoms with Gasteiger partial charge in [0.15, 0.2) is 0 Å². The van der Waals surface area contributed by atoms with Crippen molar-refractivity contribution in [3.05, 3.63) is 24.3 Å². The molecule has 0 unspecified atom stereocenters. The van der Waals surface area contributed by atoms with Gasteiger partial charge in [0.2, 0.25) is 0 Å². The molecule has 0 aliphatic heterocycles. The second kappa shape index (κ2) is 4.70. The Bertz CT molecular complexity index is 398.